The van der Waals surface area contributed by atoms with Crippen molar-refractivity contribution in [2.75, 3.05) is 23.3 Å². The predicted octanol–water partition coefficient (Wildman–Crippen LogP) is 4.80. The van der Waals surface area contributed by atoms with E-state index in [-0.39, 0.29) is 5.82 Å². The first-order chi connectivity index (χ1) is 10.2. The average molecular weight is 349 g/mol. The molecule has 0 bridgehead atoms. The zero-order chi connectivity index (χ0) is 14.7. The molecule has 1 N–H and O–H groups in total. The van der Waals surface area contributed by atoms with Crippen LogP contribution < -0.4 is 10.2 Å². The van der Waals surface area contributed by atoms with Gasteiger partial charge in [0, 0.05) is 31.0 Å². The molecule has 0 radical (unpaired) electrons. The Balaban J connectivity index is 1.67. The van der Waals surface area contributed by atoms with Crippen LogP contribution in [0, 0.1) is 5.82 Å². The van der Waals surface area contributed by atoms with Crippen LogP contribution in [0.2, 0.25) is 0 Å². The monoisotopic (exact) mass is 348 g/mol. The van der Waals surface area contributed by atoms with E-state index in [2.05, 4.69) is 50.4 Å². The molecule has 2 aromatic carbocycles. The molecule has 1 saturated heterocycles. The average Bonchev–Trinajstić information content (AvgIpc) is 3.03. The fraction of sp³-hybridized carbons (Fsp3) is 0.294. The minimum absolute atomic E-state index is 0.222. The number of hydrogen-bond donors (Lipinski definition) is 1. The highest BCUT2D eigenvalue weighted by Gasteiger charge is 2.12. The molecule has 1 aliphatic rings. The molecule has 1 heterocycles. The Morgan fingerprint density at radius 3 is 2.67 bits per heavy atom. The van der Waals surface area contributed by atoms with Gasteiger partial charge in [-0.3, -0.25) is 0 Å². The van der Waals surface area contributed by atoms with Crippen molar-refractivity contribution in [1.29, 1.82) is 0 Å². The molecule has 0 aliphatic carbocycles. The SMILES string of the molecule is Fc1cc(CNc2cccc(N3CCCC3)c2)ccc1Br. The quantitative estimate of drug-likeness (QED) is 0.853. The number of hydrogen-bond acceptors (Lipinski definition) is 2. The summed E-state index contributed by atoms with van der Waals surface area (Å²) in [5, 5.41) is 3.36. The Hall–Kier alpha value is -1.55. The zero-order valence-electron chi connectivity index (χ0n) is 11.8. The largest absolute Gasteiger partial charge is 0.381 e. The van der Waals surface area contributed by atoms with E-state index in [9.17, 15) is 4.39 Å². The van der Waals surface area contributed by atoms with E-state index < -0.39 is 0 Å². The molecule has 1 aliphatic heterocycles. The Labute approximate surface area is 133 Å². The summed E-state index contributed by atoms with van der Waals surface area (Å²) >= 11 is 3.17. The molecule has 0 aromatic heterocycles. The fourth-order valence-corrected chi connectivity index (χ4v) is 2.89. The second kappa shape index (κ2) is 6.48. The lowest BCUT2D eigenvalue weighted by atomic mass is 10.2. The minimum atomic E-state index is -0.222. The van der Waals surface area contributed by atoms with Crippen molar-refractivity contribution in [3.63, 3.8) is 0 Å². The number of nitrogens with one attached hydrogen (secondary N) is 1. The Morgan fingerprint density at radius 2 is 1.90 bits per heavy atom. The fourth-order valence-electron chi connectivity index (χ4n) is 2.64. The molecule has 0 atom stereocenters. The highest BCUT2D eigenvalue weighted by Crippen LogP contribution is 2.24. The zero-order valence-corrected chi connectivity index (χ0v) is 13.4. The molecular formula is C17H18BrFN2. The minimum Gasteiger partial charge on any atom is -0.381 e. The topological polar surface area (TPSA) is 15.3 Å². The van der Waals surface area contributed by atoms with Crippen LogP contribution >= 0.6 is 15.9 Å². The third-order valence-electron chi connectivity index (χ3n) is 3.80. The summed E-state index contributed by atoms with van der Waals surface area (Å²) in [4.78, 5) is 2.41. The van der Waals surface area contributed by atoms with Crippen LogP contribution in [0.1, 0.15) is 18.4 Å². The van der Waals surface area contributed by atoms with Crippen molar-refractivity contribution in [2.24, 2.45) is 0 Å². The first kappa shape index (κ1) is 14.4. The maximum Gasteiger partial charge on any atom is 0.137 e. The van der Waals surface area contributed by atoms with E-state index in [1.165, 1.54) is 18.5 Å². The first-order valence-corrected chi connectivity index (χ1v) is 8.04. The standard InChI is InChI=1S/C17H18BrFN2/c18-16-7-6-13(10-17(16)19)12-20-14-4-3-5-15(11-14)21-8-1-2-9-21/h3-7,10-11,20H,1-2,8-9,12H2. The maximum atomic E-state index is 13.5. The van der Waals surface area contributed by atoms with Crippen molar-refractivity contribution < 1.29 is 4.39 Å². The van der Waals surface area contributed by atoms with Crippen LogP contribution in [0.4, 0.5) is 15.8 Å². The normalized spacial score (nSPS) is 14.5. The highest BCUT2D eigenvalue weighted by atomic mass is 79.9. The smallest absolute Gasteiger partial charge is 0.137 e. The van der Waals surface area contributed by atoms with Crippen molar-refractivity contribution in [3.8, 4) is 0 Å². The maximum absolute atomic E-state index is 13.5. The molecule has 0 amide bonds. The van der Waals surface area contributed by atoms with Gasteiger partial charge in [0.25, 0.3) is 0 Å². The van der Waals surface area contributed by atoms with Crippen molar-refractivity contribution in [3.05, 3.63) is 58.3 Å². The molecule has 0 spiro atoms. The molecule has 0 unspecified atom stereocenters. The molecule has 0 saturated carbocycles. The van der Waals surface area contributed by atoms with Gasteiger partial charge >= 0.3 is 0 Å². The van der Waals surface area contributed by atoms with Gasteiger partial charge in [-0.1, -0.05) is 12.1 Å². The van der Waals surface area contributed by atoms with Gasteiger partial charge in [0.1, 0.15) is 5.82 Å². The van der Waals surface area contributed by atoms with Crippen LogP contribution in [0.5, 0.6) is 0 Å². The number of anilines is 2. The second-order valence-electron chi connectivity index (χ2n) is 5.35. The van der Waals surface area contributed by atoms with Crippen LogP contribution in [0.15, 0.2) is 46.9 Å². The molecule has 2 aromatic rings. The van der Waals surface area contributed by atoms with E-state index in [1.807, 2.05) is 6.07 Å². The van der Waals surface area contributed by atoms with E-state index in [0.717, 1.165) is 24.3 Å². The van der Waals surface area contributed by atoms with Crippen LogP contribution in [0.3, 0.4) is 0 Å². The van der Waals surface area contributed by atoms with Gasteiger partial charge in [0.2, 0.25) is 0 Å². The number of benzene rings is 2. The Bertz CT molecular complexity index is 624. The molecule has 3 rings (SSSR count). The lowest BCUT2D eigenvalue weighted by Gasteiger charge is -2.18. The van der Waals surface area contributed by atoms with Gasteiger partial charge < -0.3 is 10.2 Å². The van der Waals surface area contributed by atoms with Crippen molar-refractivity contribution in [2.45, 2.75) is 19.4 Å². The summed E-state index contributed by atoms with van der Waals surface area (Å²) in [7, 11) is 0. The van der Waals surface area contributed by atoms with Crippen LogP contribution in [0.25, 0.3) is 0 Å². The molecule has 2 nitrogen and oxygen atoms in total. The van der Waals surface area contributed by atoms with E-state index in [4.69, 9.17) is 0 Å². The molecule has 110 valence electrons. The second-order valence-corrected chi connectivity index (χ2v) is 6.20. The summed E-state index contributed by atoms with van der Waals surface area (Å²) < 4.78 is 14.0. The van der Waals surface area contributed by atoms with E-state index >= 15 is 0 Å². The summed E-state index contributed by atoms with van der Waals surface area (Å²) in [6.45, 7) is 2.90. The van der Waals surface area contributed by atoms with Gasteiger partial charge in [-0.25, -0.2) is 4.39 Å². The van der Waals surface area contributed by atoms with E-state index in [1.54, 1.807) is 12.1 Å². The lowest BCUT2D eigenvalue weighted by molar-refractivity contribution is 0.619. The molecule has 1 fully saturated rings. The van der Waals surface area contributed by atoms with Crippen molar-refractivity contribution >= 4 is 27.3 Å². The third-order valence-corrected chi connectivity index (χ3v) is 4.44. The van der Waals surface area contributed by atoms with E-state index in [0.29, 0.717) is 11.0 Å². The summed E-state index contributed by atoms with van der Waals surface area (Å²) in [6, 6.07) is 13.7. The summed E-state index contributed by atoms with van der Waals surface area (Å²) in [6.07, 6.45) is 2.55. The number of nitrogens with zero attached hydrogens (tertiary/aromatic N) is 1. The van der Waals surface area contributed by atoms with Gasteiger partial charge in [-0.2, -0.15) is 0 Å². The summed E-state index contributed by atoms with van der Waals surface area (Å²) in [5.41, 5.74) is 3.27. The lowest BCUT2D eigenvalue weighted by Crippen LogP contribution is -2.17. The number of rotatable bonds is 4. The Kier molecular flexibility index (Phi) is 4.44. The van der Waals surface area contributed by atoms with Gasteiger partial charge in [-0.05, 0) is 64.7 Å². The molecule has 4 heteroatoms. The highest BCUT2D eigenvalue weighted by molar-refractivity contribution is 9.10. The first-order valence-electron chi connectivity index (χ1n) is 7.25. The molecular weight excluding hydrogens is 331 g/mol. The van der Waals surface area contributed by atoms with Gasteiger partial charge in [0.05, 0.1) is 4.47 Å². The van der Waals surface area contributed by atoms with Crippen LogP contribution in [-0.4, -0.2) is 13.1 Å². The van der Waals surface area contributed by atoms with Gasteiger partial charge in [0.15, 0.2) is 0 Å². The summed E-state index contributed by atoms with van der Waals surface area (Å²) in [5.74, 6) is -0.222. The van der Waals surface area contributed by atoms with Crippen LogP contribution in [-0.2, 0) is 6.54 Å². The van der Waals surface area contributed by atoms with Gasteiger partial charge in [-0.15, -0.1) is 0 Å². The molecule has 21 heavy (non-hydrogen) atoms. The number of halogens is 2. The van der Waals surface area contributed by atoms with Crippen molar-refractivity contribution in [1.82, 2.24) is 0 Å². The Morgan fingerprint density at radius 1 is 1.10 bits per heavy atom. The third kappa shape index (κ3) is 3.56. The predicted molar refractivity (Wildman–Crippen MR) is 89.3 cm³/mol.